The topological polar surface area (TPSA) is 159 Å². The second-order valence-corrected chi connectivity index (χ2v) is 7.97. The van der Waals surface area contributed by atoms with Gasteiger partial charge in [-0.2, -0.15) is 5.21 Å². The van der Waals surface area contributed by atoms with Crippen LogP contribution in [0.3, 0.4) is 0 Å². The number of hydrogen-bond acceptors (Lipinski definition) is 8. The lowest BCUT2D eigenvalue weighted by Crippen LogP contribution is -2.29. The number of phenolic OH excluding ortho intramolecular Hbond substituents is 1. The average molecular weight is 474 g/mol. The number of H-pyrrole nitrogens is 1. The van der Waals surface area contributed by atoms with E-state index in [1.54, 1.807) is 0 Å². The van der Waals surface area contributed by atoms with Crippen molar-refractivity contribution in [3.05, 3.63) is 82.7 Å². The molecule has 1 aliphatic carbocycles. The SMILES string of the molecule is O=C(NCc1ccc(F)c(O)c1)c1cc(C(=O)N[C@H]2CCc3cc(-c4nn[nH]n4)ccc32)ncn1. The first kappa shape index (κ1) is 22.1. The second-order valence-electron chi connectivity index (χ2n) is 7.97. The number of carbonyl (C=O) groups excluding carboxylic acids is 2. The van der Waals surface area contributed by atoms with E-state index in [-0.39, 0.29) is 24.0 Å². The molecule has 2 aromatic heterocycles. The van der Waals surface area contributed by atoms with Crippen LogP contribution >= 0.6 is 0 Å². The fourth-order valence-electron chi connectivity index (χ4n) is 3.97. The van der Waals surface area contributed by atoms with E-state index in [0.29, 0.717) is 11.4 Å². The molecule has 2 aromatic carbocycles. The van der Waals surface area contributed by atoms with Crippen molar-refractivity contribution in [2.45, 2.75) is 25.4 Å². The van der Waals surface area contributed by atoms with E-state index < -0.39 is 23.4 Å². The van der Waals surface area contributed by atoms with Gasteiger partial charge in [-0.1, -0.05) is 18.2 Å². The van der Waals surface area contributed by atoms with Crippen molar-refractivity contribution in [3.63, 3.8) is 0 Å². The molecule has 12 heteroatoms. The quantitative estimate of drug-likeness (QED) is 0.330. The van der Waals surface area contributed by atoms with Crippen LogP contribution in [0.2, 0.25) is 0 Å². The Labute approximate surface area is 197 Å². The summed E-state index contributed by atoms with van der Waals surface area (Å²) in [6, 6.07) is 10.7. The number of hydrogen-bond donors (Lipinski definition) is 4. The number of halogens is 1. The minimum absolute atomic E-state index is 0.00746. The zero-order valence-electron chi connectivity index (χ0n) is 18.2. The van der Waals surface area contributed by atoms with E-state index >= 15 is 0 Å². The van der Waals surface area contributed by atoms with Crippen LogP contribution in [-0.2, 0) is 13.0 Å². The lowest BCUT2D eigenvalue weighted by atomic mass is 10.0. The van der Waals surface area contributed by atoms with E-state index in [1.165, 1.54) is 18.2 Å². The van der Waals surface area contributed by atoms with Gasteiger partial charge in [0.1, 0.15) is 17.7 Å². The summed E-state index contributed by atoms with van der Waals surface area (Å²) in [6.45, 7) is 0.0446. The van der Waals surface area contributed by atoms with Crippen LogP contribution in [-0.4, -0.2) is 47.5 Å². The molecule has 0 saturated heterocycles. The van der Waals surface area contributed by atoms with Gasteiger partial charge in [0.15, 0.2) is 11.6 Å². The van der Waals surface area contributed by atoms with Crippen molar-refractivity contribution in [1.82, 2.24) is 41.2 Å². The van der Waals surface area contributed by atoms with Gasteiger partial charge in [0, 0.05) is 18.2 Å². The fourth-order valence-corrected chi connectivity index (χ4v) is 3.97. The summed E-state index contributed by atoms with van der Waals surface area (Å²) in [5, 5.41) is 29.0. The monoisotopic (exact) mass is 474 g/mol. The maximum absolute atomic E-state index is 13.2. The van der Waals surface area contributed by atoms with Gasteiger partial charge in [-0.25, -0.2) is 14.4 Å². The number of amides is 2. The molecule has 0 saturated carbocycles. The Morgan fingerprint density at radius 3 is 2.69 bits per heavy atom. The number of nitrogens with one attached hydrogen (secondary N) is 3. The first-order valence-electron chi connectivity index (χ1n) is 10.7. The molecule has 0 spiro atoms. The van der Waals surface area contributed by atoms with Crippen molar-refractivity contribution < 1.29 is 19.1 Å². The number of carbonyl (C=O) groups is 2. The molecule has 0 fully saturated rings. The smallest absolute Gasteiger partial charge is 0.270 e. The molecular formula is C23H19FN8O3. The van der Waals surface area contributed by atoms with Gasteiger partial charge in [0.05, 0.1) is 6.04 Å². The van der Waals surface area contributed by atoms with Gasteiger partial charge in [-0.15, -0.1) is 10.2 Å². The van der Waals surface area contributed by atoms with Gasteiger partial charge >= 0.3 is 0 Å². The molecule has 1 aliphatic rings. The Balaban J connectivity index is 1.24. The number of phenols is 1. The van der Waals surface area contributed by atoms with Gasteiger partial charge in [0.25, 0.3) is 11.8 Å². The summed E-state index contributed by atoms with van der Waals surface area (Å²) in [5.41, 5.74) is 3.50. The van der Waals surface area contributed by atoms with Crippen molar-refractivity contribution in [2.24, 2.45) is 0 Å². The third kappa shape index (κ3) is 4.67. The molecular weight excluding hydrogens is 455 g/mol. The highest BCUT2D eigenvalue weighted by molar-refractivity contribution is 5.97. The van der Waals surface area contributed by atoms with Crippen LogP contribution < -0.4 is 10.6 Å². The molecule has 176 valence electrons. The Hall–Kier alpha value is -4.74. The number of aromatic hydroxyl groups is 1. The van der Waals surface area contributed by atoms with Crippen LogP contribution in [0.4, 0.5) is 4.39 Å². The van der Waals surface area contributed by atoms with Crippen molar-refractivity contribution in [1.29, 1.82) is 0 Å². The van der Waals surface area contributed by atoms with Crippen molar-refractivity contribution >= 4 is 11.8 Å². The number of benzene rings is 2. The molecule has 4 aromatic rings. The Morgan fingerprint density at radius 2 is 1.91 bits per heavy atom. The van der Waals surface area contributed by atoms with Crippen LogP contribution in [0.25, 0.3) is 11.4 Å². The van der Waals surface area contributed by atoms with E-state index in [1.807, 2.05) is 18.2 Å². The highest BCUT2D eigenvalue weighted by Gasteiger charge is 2.26. The molecule has 35 heavy (non-hydrogen) atoms. The Kier molecular flexibility index (Phi) is 5.83. The minimum Gasteiger partial charge on any atom is -0.505 e. The van der Waals surface area contributed by atoms with E-state index in [9.17, 15) is 19.1 Å². The molecule has 1 atom stereocenters. The summed E-state index contributed by atoms with van der Waals surface area (Å²) >= 11 is 0. The van der Waals surface area contributed by atoms with Crippen LogP contribution in [0.15, 0.2) is 48.8 Å². The number of aromatic amines is 1. The average Bonchev–Trinajstić information content (AvgIpc) is 3.55. The van der Waals surface area contributed by atoms with Gasteiger partial charge < -0.3 is 15.7 Å². The molecule has 0 bridgehead atoms. The lowest BCUT2D eigenvalue weighted by Gasteiger charge is -2.14. The van der Waals surface area contributed by atoms with E-state index in [0.717, 1.165) is 41.9 Å². The molecule has 0 unspecified atom stereocenters. The van der Waals surface area contributed by atoms with Crippen LogP contribution in [0.5, 0.6) is 5.75 Å². The molecule has 4 N–H and O–H groups in total. The summed E-state index contributed by atoms with van der Waals surface area (Å²) in [5.74, 6) is -1.71. The third-order valence-corrected chi connectivity index (χ3v) is 5.73. The second kappa shape index (κ2) is 9.25. The molecule has 0 radical (unpaired) electrons. The largest absolute Gasteiger partial charge is 0.505 e. The minimum atomic E-state index is -0.746. The molecule has 11 nitrogen and oxygen atoms in total. The summed E-state index contributed by atoms with van der Waals surface area (Å²) in [7, 11) is 0. The fraction of sp³-hybridized carbons (Fsp3) is 0.174. The maximum Gasteiger partial charge on any atom is 0.270 e. The Morgan fingerprint density at radius 1 is 1.09 bits per heavy atom. The van der Waals surface area contributed by atoms with E-state index in [4.69, 9.17) is 0 Å². The summed E-state index contributed by atoms with van der Waals surface area (Å²) in [4.78, 5) is 33.3. The predicted molar refractivity (Wildman–Crippen MR) is 119 cm³/mol. The standard InChI is InChI=1S/C23H19FN8O3/c24-16-5-1-12(7-20(16)33)10-25-22(34)18-9-19(27-11-26-18)23(35)28-17-6-3-13-8-14(2-4-15(13)17)21-29-31-32-30-21/h1-2,4-5,7-9,11,17,33H,3,6,10H2,(H,25,34)(H,28,35)(H,29,30,31,32)/t17-/m0/s1. The zero-order chi connectivity index (χ0) is 24.4. The zero-order valence-corrected chi connectivity index (χ0v) is 18.2. The van der Waals surface area contributed by atoms with Crippen LogP contribution in [0, 0.1) is 5.82 Å². The van der Waals surface area contributed by atoms with Gasteiger partial charge in [0.2, 0.25) is 5.82 Å². The predicted octanol–water partition coefficient (Wildman–Crippen LogP) is 1.85. The Bertz CT molecular complexity index is 1410. The number of aryl methyl sites for hydroxylation is 1. The highest BCUT2D eigenvalue weighted by atomic mass is 19.1. The number of nitrogens with zero attached hydrogens (tertiary/aromatic N) is 5. The molecule has 0 aliphatic heterocycles. The van der Waals surface area contributed by atoms with E-state index in [2.05, 4.69) is 41.2 Å². The summed E-state index contributed by atoms with van der Waals surface area (Å²) in [6.07, 6.45) is 2.65. The first-order chi connectivity index (χ1) is 17.0. The molecule has 2 amide bonds. The summed E-state index contributed by atoms with van der Waals surface area (Å²) < 4.78 is 13.2. The van der Waals surface area contributed by atoms with Gasteiger partial charge in [-0.05, 0) is 52.9 Å². The molecule has 5 rings (SSSR count). The third-order valence-electron chi connectivity index (χ3n) is 5.73. The maximum atomic E-state index is 13.2. The van der Waals surface area contributed by atoms with Gasteiger partial charge in [-0.3, -0.25) is 9.59 Å². The van der Waals surface area contributed by atoms with Crippen molar-refractivity contribution in [2.75, 3.05) is 0 Å². The number of fused-ring (bicyclic) bond motifs is 1. The van der Waals surface area contributed by atoms with Crippen LogP contribution in [0.1, 0.15) is 50.1 Å². The number of aromatic nitrogens is 6. The number of tetrazole rings is 1. The highest BCUT2D eigenvalue weighted by Crippen LogP contribution is 2.33. The first-order valence-corrected chi connectivity index (χ1v) is 10.7. The van der Waals surface area contributed by atoms with Crippen molar-refractivity contribution in [3.8, 4) is 17.1 Å². The molecule has 2 heterocycles. The number of rotatable bonds is 6. The lowest BCUT2D eigenvalue weighted by molar-refractivity contribution is 0.0931. The normalized spacial score (nSPS) is 14.4.